The molecule has 1 heterocycles. The van der Waals surface area contributed by atoms with Crippen LogP contribution >= 0.6 is 0 Å². The highest BCUT2D eigenvalue weighted by Crippen LogP contribution is 2.08. The Morgan fingerprint density at radius 2 is 2.55 bits per heavy atom. The van der Waals surface area contributed by atoms with Gasteiger partial charge in [-0.15, -0.1) is 0 Å². The molecule has 0 radical (unpaired) electrons. The Labute approximate surface area is 66.4 Å². The van der Waals surface area contributed by atoms with Crippen LogP contribution in [0.5, 0.6) is 0 Å². The van der Waals surface area contributed by atoms with Gasteiger partial charge in [0.25, 0.3) is 0 Å². The molecule has 0 aromatic carbocycles. The largest absolute Gasteiger partial charge is 0.505 e. The van der Waals surface area contributed by atoms with Crippen LogP contribution in [0.1, 0.15) is 19.3 Å². The number of methoxy groups -OCH3 is 1. The van der Waals surface area contributed by atoms with Gasteiger partial charge >= 0.3 is 0 Å². The number of rotatable bonds is 2. The Kier molecular flexibility index (Phi) is 2.95. The van der Waals surface area contributed by atoms with Gasteiger partial charge in [0.15, 0.2) is 0 Å². The van der Waals surface area contributed by atoms with Crippen molar-refractivity contribution in [2.45, 2.75) is 25.3 Å². The standard InChI is InChI=1S/C8H13NO2/c1-11-6-5-7-3-2-4-8(10)9-7/h5-7H,2-4H2,1H3,(H,9,10). The summed E-state index contributed by atoms with van der Waals surface area (Å²) >= 11 is 0. The maximum Gasteiger partial charge on any atom is 0.220 e. The van der Waals surface area contributed by atoms with E-state index in [0.29, 0.717) is 6.42 Å². The summed E-state index contributed by atoms with van der Waals surface area (Å²) in [6.45, 7) is 0. The van der Waals surface area contributed by atoms with Crippen LogP contribution in [-0.4, -0.2) is 19.1 Å². The number of nitrogens with one attached hydrogen (secondary N) is 1. The lowest BCUT2D eigenvalue weighted by molar-refractivity contribution is -0.122. The number of carbonyl (C=O) groups is 1. The predicted molar refractivity (Wildman–Crippen MR) is 41.9 cm³/mol. The van der Waals surface area contributed by atoms with Crippen LogP contribution in [0.2, 0.25) is 0 Å². The number of piperidine rings is 1. The van der Waals surface area contributed by atoms with Crippen LogP contribution in [-0.2, 0) is 9.53 Å². The minimum Gasteiger partial charge on any atom is -0.505 e. The molecule has 1 N–H and O–H groups in total. The number of hydrogen-bond donors (Lipinski definition) is 1. The van der Waals surface area contributed by atoms with E-state index in [4.69, 9.17) is 4.74 Å². The van der Waals surface area contributed by atoms with E-state index in [2.05, 4.69) is 5.32 Å². The van der Waals surface area contributed by atoms with Crippen molar-refractivity contribution in [2.24, 2.45) is 0 Å². The monoisotopic (exact) mass is 155 g/mol. The van der Waals surface area contributed by atoms with Crippen LogP contribution in [0.25, 0.3) is 0 Å². The molecule has 0 aromatic heterocycles. The molecule has 1 aliphatic rings. The highest BCUT2D eigenvalue weighted by molar-refractivity contribution is 5.77. The third-order valence-electron chi connectivity index (χ3n) is 1.71. The lowest BCUT2D eigenvalue weighted by Crippen LogP contribution is -2.37. The summed E-state index contributed by atoms with van der Waals surface area (Å²) in [6.07, 6.45) is 6.14. The van der Waals surface area contributed by atoms with Crippen LogP contribution in [0.3, 0.4) is 0 Å². The Morgan fingerprint density at radius 1 is 1.73 bits per heavy atom. The minimum atomic E-state index is 0.141. The Bertz CT molecular complexity index is 165. The summed E-state index contributed by atoms with van der Waals surface area (Å²) in [5, 5.41) is 2.85. The van der Waals surface area contributed by atoms with Gasteiger partial charge in [0.2, 0.25) is 5.91 Å². The van der Waals surface area contributed by atoms with Crippen LogP contribution in [0.4, 0.5) is 0 Å². The first kappa shape index (κ1) is 8.11. The van der Waals surface area contributed by atoms with Gasteiger partial charge in [-0.1, -0.05) is 0 Å². The predicted octanol–water partition coefficient (Wildman–Crippen LogP) is 0.815. The third-order valence-corrected chi connectivity index (χ3v) is 1.71. The van der Waals surface area contributed by atoms with Crippen LogP contribution < -0.4 is 5.32 Å². The summed E-state index contributed by atoms with van der Waals surface area (Å²) in [6, 6.07) is 0.177. The summed E-state index contributed by atoms with van der Waals surface area (Å²) < 4.78 is 4.75. The van der Waals surface area contributed by atoms with E-state index in [9.17, 15) is 4.79 Å². The summed E-state index contributed by atoms with van der Waals surface area (Å²) in [7, 11) is 1.60. The van der Waals surface area contributed by atoms with Gasteiger partial charge in [-0.2, -0.15) is 0 Å². The molecule has 1 atom stereocenters. The maximum absolute atomic E-state index is 10.9. The van der Waals surface area contributed by atoms with Crippen molar-refractivity contribution < 1.29 is 9.53 Å². The fraction of sp³-hybridized carbons (Fsp3) is 0.625. The molecule has 0 aromatic rings. The Balaban J connectivity index is 2.34. The van der Waals surface area contributed by atoms with Gasteiger partial charge in [0.1, 0.15) is 0 Å². The van der Waals surface area contributed by atoms with Crippen molar-refractivity contribution in [3.63, 3.8) is 0 Å². The molecule has 0 aliphatic carbocycles. The fourth-order valence-electron chi connectivity index (χ4n) is 1.15. The molecule has 62 valence electrons. The number of carbonyl (C=O) groups excluding carboxylic acids is 1. The molecule has 1 amide bonds. The van der Waals surface area contributed by atoms with E-state index in [1.165, 1.54) is 0 Å². The highest BCUT2D eigenvalue weighted by atomic mass is 16.5. The van der Waals surface area contributed by atoms with E-state index in [-0.39, 0.29) is 11.9 Å². The van der Waals surface area contributed by atoms with Gasteiger partial charge in [0.05, 0.1) is 19.4 Å². The van der Waals surface area contributed by atoms with Crippen molar-refractivity contribution in [1.29, 1.82) is 0 Å². The van der Waals surface area contributed by atoms with E-state index in [0.717, 1.165) is 12.8 Å². The topological polar surface area (TPSA) is 38.3 Å². The highest BCUT2D eigenvalue weighted by Gasteiger charge is 2.14. The van der Waals surface area contributed by atoms with Gasteiger partial charge in [-0.05, 0) is 18.9 Å². The molecule has 0 bridgehead atoms. The molecule has 3 nitrogen and oxygen atoms in total. The number of amides is 1. The third kappa shape index (κ3) is 2.62. The first-order chi connectivity index (χ1) is 5.33. The fourth-order valence-corrected chi connectivity index (χ4v) is 1.15. The van der Waals surface area contributed by atoms with Gasteiger partial charge < -0.3 is 10.1 Å². The lowest BCUT2D eigenvalue weighted by Gasteiger charge is -2.19. The molecule has 11 heavy (non-hydrogen) atoms. The maximum atomic E-state index is 10.9. The minimum absolute atomic E-state index is 0.141. The van der Waals surface area contributed by atoms with Crippen molar-refractivity contribution >= 4 is 5.91 Å². The normalized spacial score (nSPS) is 25.2. The molecule has 1 fully saturated rings. The molecular weight excluding hydrogens is 142 g/mol. The molecule has 3 heteroatoms. The molecule has 0 spiro atoms. The van der Waals surface area contributed by atoms with Gasteiger partial charge in [-0.3, -0.25) is 4.79 Å². The van der Waals surface area contributed by atoms with Crippen LogP contribution in [0.15, 0.2) is 12.3 Å². The van der Waals surface area contributed by atoms with E-state index in [1.807, 2.05) is 6.08 Å². The summed E-state index contributed by atoms with van der Waals surface area (Å²) in [5.74, 6) is 0.141. The van der Waals surface area contributed by atoms with Crippen LogP contribution in [0, 0.1) is 0 Å². The van der Waals surface area contributed by atoms with Gasteiger partial charge in [0, 0.05) is 6.42 Å². The average Bonchev–Trinajstić information content (AvgIpc) is 2.01. The van der Waals surface area contributed by atoms with E-state index < -0.39 is 0 Å². The molecule has 1 saturated heterocycles. The van der Waals surface area contributed by atoms with E-state index in [1.54, 1.807) is 13.4 Å². The zero-order valence-corrected chi connectivity index (χ0v) is 6.67. The molecular formula is C8H13NO2. The van der Waals surface area contributed by atoms with E-state index >= 15 is 0 Å². The zero-order chi connectivity index (χ0) is 8.10. The number of hydrogen-bond acceptors (Lipinski definition) is 2. The van der Waals surface area contributed by atoms with Crippen molar-refractivity contribution in [1.82, 2.24) is 5.32 Å². The van der Waals surface area contributed by atoms with Crippen molar-refractivity contribution in [2.75, 3.05) is 7.11 Å². The molecule has 1 aliphatic heterocycles. The summed E-state index contributed by atoms with van der Waals surface area (Å²) in [4.78, 5) is 10.9. The number of ether oxygens (including phenoxy) is 1. The van der Waals surface area contributed by atoms with Crippen molar-refractivity contribution in [3.05, 3.63) is 12.3 Å². The smallest absolute Gasteiger partial charge is 0.220 e. The average molecular weight is 155 g/mol. The summed E-state index contributed by atoms with van der Waals surface area (Å²) in [5.41, 5.74) is 0. The second-order valence-corrected chi connectivity index (χ2v) is 2.63. The molecule has 0 saturated carbocycles. The zero-order valence-electron chi connectivity index (χ0n) is 6.67. The molecule has 1 rings (SSSR count). The van der Waals surface area contributed by atoms with Crippen molar-refractivity contribution in [3.8, 4) is 0 Å². The quantitative estimate of drug-likeness (QED) is 0.599. The second-order valence-electron chi connectivity index (χ2n) is 2.63. The Hall–Kier alpha value is -0.990. The molecule has 1 unspecified atom stereocenters. The Morgan fingerprint density at radius 3 is 3.18 bits per heavy atom. The first-order valence-electron chi connectivity index (χ1n) is 3.82. The van der Waals surface area contributed by atoms with Gasteiger partial charge in [-0.25, -0.2) is 0 Å². The second kappa shape index (κ2) is 4.01. The lowest BCUT2D eigenvalue weighted by atomic mass is 10.0. The first-order valence-corrected chi connectivity index (χ1v) is 3.82. The SMILES string of the molecule is COC=CC1CCCC(=O)N1.